The van der Waals surface area contributed by atoms with E-state index in [2.05, 4.69) is 42.2 Å². The van der Waals surface area contributed by atoms with Gasteiger partial charge in [-0.1, -0.05) is 50.5 Å². The Morgan fingerprint density at radius 2 is 1.37 bits per heavy atom. The minimum Gasteiger partial charge on any atom is -0.494 e. The maximum Gasteiger partial charge on any atom is 0.132 e. The monoisotopic (exact) mass is 510 g/mol. The van der Waals surface area contributed by atoms with Gasteiger partial charge in [-0.25, -0.2) is 0 Å². The first-order chi connectivity index (χ1) is 18.6. The van der Waals surface area contributed by atoms with Crippen molar-refractivity contribution in [1.29, 1.82) is 0 Å². The molecule has 0 atom stereocenters. The van der Waals surface area contributed by atoms with E-state index >= 15 is 0 Å². The molecule has 2 N–H and O–H groups in total. The zero-order valence-electron chi connectivity index (χ0n) is 22.7. The number of rotatable bonds is 13. The van der Waals surface area contributed by atoms with E-state index < -0.39 is 0 Å². The fourth-order valence-electron chi connectivity index (χ4n) is 4.46. The maximum absolute atomic E-state index is 6.56. The Morgan fingerprint density at radius 1 is 0.632 bits per heavy atom. The predicted octanol–water partition coefficient (Wildman–Crippen LogP) is 8.42. The number of unbranched alkanes of at least 4 members (excludes halogenated alkanes) is 3. The highest BCUT2D eigenvalue weighted by Gasteiger charge is 2.12. The van der Waals surface area contributed by atoms with Crippen LogP contribution in [0.2, 0.25) is 0 Å². The summed E-state index contributed by atoms with van der Waals surface area (Å²) in [5.41, 5.74) is 13.2. The van der Waals surface area contributed by atoms with E-state index in [1.807, 2.05) is 62.5 Å². The van der Waals surface area contributed by atoms with Gasteiger partial charge in [-0.2, -0.15) is 0 Å². The van der Waals surface area contributed by atoms with Gasteiger partial charge in [0.1, 0.15) is 17.2 Å². The summed E-state index contributed by atoms with van der Waals surface area (Å²) in [6, 6.07) is 24.3. The summed E-state index contributed by atoms with van der Waals surface area (Å²) in [7, 11) is 0. The number of ether oxygens (including phenoxy) is 3. The molecule has 3 aromatic carbocycles. The molecule has 0 radical (unpaired) electrons. The Bertz CT molecular complexity index is 1320. The van der Waals surface area contributed by atoms with E-state index in [9.17, 15) is 0 Å². The first-order valence-corrected chi connectivity index (χ1v) is 13.6. The van der Waals surface area contributed by atoms with Crippen LogP contribution in [0, 0.1) is 0 Å². The van der Waals surface area contributed by atoms with Crippen molar-refractivity contribution in [1.82, 2.24) is 4.98 Å². The van der Waals surface area contributed by atoms with Crippen LogP contribution >= 0.6 is 0 Å². The molecule has 0 saturated carbocycles. The third-order valence-corrected chi connectivity index (χ3v) is 6.42. The molecular weight excluding hydrogens is 472 g/mol. The summed E-state index contributed by atoms with van der Waals surface area (Å²) >= 11 is 0. The van der Waals surface area contributed by atoms with Gasteiger partial charge in [0, 0.05) is 29.1 Å². The lowest BCUT2D eigenvalue weighted by atomic mass is 9.97. The first kappa shape index (κ1) is 27.1. The van der Waals surface area contributed by atoms with Crippen molar-refractivity contribution < 1.29 is 14.2 Å². The smallest absolute Gasteiger partial charge is 0.132 e. The van der Waals surface area contributed by atoms with Crippen molar-refractivity contribution >= 4 is 5.69 Å². The average molecular weight is 511 g/mol. The molecule has 4 aromatic rings. The number of pyridine rings is 1. The molecule has 1 aromatic heterocycles. The molecule has 0 aliphatic carbocycles. The molecule has 38 heavy (non-hydrogen) atoms. The number of nitrogen functional groups attached to an aromatic ring is 1. The van der Waals surface area contributed by atoms with Crippen LogP contribution in [0.3, 0.4) is 0 Å². The van der Waals surface area contributed by atoms with E-state index in [0.29, 0.717) is 18.9 Å². The van der Waals surface area contributed by atoms with Gasteiger partial charge >= 0.3 is 0 Å². The summed E-state index contributed by atoms with van der Waals surface area (Å²) in [6.45, 7) is 8.08. The second-order valence-corrected chi connectivity index (χ2v) is 9.19. The third-order valence-electron chi connectivity index (χ3n) is 6.42. The number of benzene rings is 3. The number of nitrogens with zero attached hydrogens (tertiary/aromatic N) is 1. The van der Waals surface area contributed by atoms with Crippen LogP contribution < -0.4 is 19.9 Å². The largest absolute Gasteiger partial charge is 0.494 e. The van der Waals surface area contributed by atoms with Crippen LogP contribution in [-0.2, 0) is 0 Å². The van der Waals surface area contributed by atoms with Gasteiger partial charge < -0.3 is 19.9 Å². The number of aromatic nitrogens is 1. The minimum atomic E-state index is 0.558. The molecule has 0 aliphatic rings. The van der Waals surface area contributed by atoms with Crippen molar-refractivity contribution in [3.63, 3.8) is 0 Å². The van der Waals surface area contributed by atoms with Crippen LogP contribution in [0.15, 0.2) is 79.0 Å². The van der Waals surface area contributed by atoms with Gasteiger partial charge in [-0.15, -0.1) is 0 Å². The van der Waals surface area contributed by atoms with Crippen LogP contribution in [-0.4, -0.2) is 24.8 Å². The highest BCUT2D eigenvalue weighted by atomic mass is 16.5. The molecule has 5 nitrogen and oxygen atoms in total. The number of hydrogen-bond acceptors (Lipinski definition) is 5. The van der Waals surface area contributed by atoms with Crippen molar-refractivity contribution in [2.75, 3.05) is 25.6 Å². The molecule has 0 unspecified atom stereocenters. The second kappa shape index (κ2) is 13.5. The molecule has 1 heterocycles. The molecule has 5 heteroatoms. The minimum absolute atomic E-state index is 0.558. The number of anilines is 1. The number of hydrogen-bond donors (Lipinski definition) is 1. The zero-order valence-corrected chi connectivity index (χ0v) is 22.7. The molecule has 0 amide bonds. The summed E-state index contributed by atoms with van der Waals surface area (Å²) in [6.07, 6.45) is 6.61. The van der Waals surface area contributed by atoms with Crippen LogP contribution in [0.4, 0.5) is 5.69 Å². The van der Waals surface area contributed by atoms with Crippen LogP contribution in [0.5, 0.6) is 17.2 Å². The summed E-state index contributed by atoms with van der Waals surface area (Å²) in [5, 5.41) is 0. The van der Waals surface area contributed by atoms with Crippen molar-refractivity contribution in [2.24, 2.45) is 0 Å². The van der Waals surface area contributed by atoms with Crippen LogP contribution in [0.25, 0.3) is 33.5 Å². The molecule has 4 rings (SSSR count). The molecule has 0 fully saturated rings. The van der Waals surface area contributed by atoms with Crippen molar-refractivity contribution in [2.45, 2.75) is 46.5 Å². The fourth-order valence-corrected chi connectivity index (χ4v) is 4.46. The summed E-state index contributed by atoms with van der Waals surface area (Å²) in [4.78, 5) is 4.62. The van der Waals surface area contributed by atoms with E-state index in [4.69, 9.17) is 19.9 Å². The topological polar surface area (TPSA) is 66.6 Å². The summed E-state index contributed by atoms with van der Waals surface area (Å²) in [5.74, 6) is 2.43. The lowest BCUT2D eigenvalue weighted by Crippen LogP contribution is -1.98. The molecule has 0 bridgehead atoms. The maximum atomic E-state index is 6.56. The fraction of sp³-hybridized carbons (Fsp3) is 0.303. The lowest BCUT2D eigenvalue weighted by Gasteiger charge is -2.14. The van der Waals surface area contributed by atoms with E-state index in [-0.39, 0.29) is 0 Å². The lowest BCUT2D eigenvalue weighted by molar-refractivity contribution is 0.305. The van der Waals surface area contributed by atoms with Gasteiger partial charge in [0.2, 0.25) is 0 Å². The second-order valence-electron chi connectivity index (χ2n) is 9.19. The Morgan fingerprint density at radius 3 is 2.11 bits per heavy atom. The highest BCUT2D eigenvalue weighted by molar-refractivity contribution is 5.83. The Hall–Kier alpha value is -3.99. The number of nitrogens with two attached hydrogens (primary N) is 1. The highest BCUT2D eigenvalue weighted by Crippen LogP contribution is 2.36. The van der Waals surface area contributed by atoms with E-state index in [0.717, 1.165) is 63.8 Å². The molecule has 0 aliphatic heterocycles. The Kier molecular flexibility index (Phi) is 9.63. The Labute approximate surface area is 226 Å². The molecule has 0 saturated heterocycles. The van der Waals surface area contributed by atoms with Crippen molar-refractivity contribution in [3.8, 4) is 50.8 Å². The van der Waals surface area contributed by atoms with Gasteiger partial charge in [0.15, 0.2) is 0 Å². The van der Waals surface area contributed by atoms with Gasteiger partial charge in [0.25, 0.3) is 0 Å². The quantitative estimate of drug-likeness (QED) is 0.144. The van der Waals surface area contributed by atoms with Gasteiger partial charge in [-0.05, 0) is 79.4 Å². The SMILES string of the molecule is CCCCCCOc1ccc(-c2ccc(-c3ccnc(-c4ccc(OCC)cc4OCC)c3)c(N)c2)cc1. The summed E-state index contributed by atoms with van der Waals surface area (Å²) < 4.78 is 17.4. The predicted molar refractivity (Wildman–Crippen MR) is 157 cm³/mol. The van der Waals surface area contributed by atoms with Gasteiger partial charge in [0.05, 0.1) is 25.5 Å². The molecular formula is C33H38N2O3. The normalized spacial score (nSPS) is 10.8. The Balaban J connectivity index is 1.52. The molecule has 198 valence electrons. The van der Waals surface area contributed by atoms with Crippen LogP contribution in [0.1, 0.15) is 46.5 Å². The van der Waals surface area contributed by atoms with E-state index in [1.54, 1.807) is 0 Å². The average Bonchev–Trinajstić information content (AvgIpc) is 2.94. The first-order valence-electron chi connectivity index (χ1n) is 13.6. The standard InChI is InChI=1S/C33H38N2O3/c1-4-7-8-9-20-38-27-13-10-24(11-14-27)25-12-16-29(31(34)21-25)26-18-19-35-32(22-26)30-17-15-28(36-5-2)23-33(30)37-6-3/h10-19,21-23H,4-9,20,34H2,1-3H3. The van der Waals surface area contributed by atoms with Crippen molar-refractivity contribution in [3.05, 3.63) is 79.0 Å². The zero-order chi connectivity index (χ0) is 26.7. The van der Waals surface area contributed by atoms with Gasteiger partial charge in [-0.3, -0.25) is 4.98 Å². The van der Waals surface area contributed by atoms with E-state index in [1.165, 1.54) is 19.3 Å². The molecule has 0 spiro atoms. The third kappa shape index (κ3) is 6.86.